The number of para-hydroxylation sites is 1. The average molecular weight is 378 g/mol. The summed E-state index contributed by atoms with van der Waals surface area (Å²) in [4.78, 5) is 13.8. The van der Waals surface area contributed by atoms with Crippen LogP contribution >= 0.6 is 11.3 Å². The van der Waals surface area contributed by atoms with Gasteiger partial charge >= 0.3 is 0 Å². The summed E-state index contributed by atoms with van der Waals surface area (Å²) in [6, 6.07) is 20.6. The van der Waals surface area contributed by atoms with Gasteiger partial charge in [0.05, 0.1) is 16.8 Å². The standard InChI is InChI=1S/C21H18N2O3S/c24-15(14-26-16-7-2-1-3-8-16)13-23-21(25)18-10-5-4-9-17(18)20(22-23)19-11-6-12-27-19/h1-12,15,24H,13-14H2. The van der Waals surface area contributed by atoms with Gasteiger partial charge in [-0.15, -0.1) is 11.3 Å². The third-order valence-corrected chi connectivity index (χ3v) is 5.07. The average Bonchev–Trinajstić information content (AvgIpc) is 3.24. The van der Waals surface area contributed by atoms with Gasteiger partial charge in [-0.25, -0.2) is 4.68 Å². The van der Waals surface area contributed by atoms with E-state index in [0.717, 1.165) is 16.0 Å². The monoisotopic (exact) mass is 378 g/mol. The Morgan fingerprint density at radius 2 is 1.74 bits per heavy atom. The van der Waals surface area contributed by atoms with Gasteiger partial charge in [0, 0.05) is 5.39 Å². The van der Waals surface area contributed by atoms with Crippen LogP contribution in [0.3, 0.4) is 0 Å². The zero-order chi connectivity index (χ0) is 18.6. The predicted molar refractivity (Wildman–Crippen MR) is 107 cm³/mol. The van der Waals surface area contributed by atoms with Gasteiger partial charge in [-0.1, -0.05) is 42.5 Å². The molecule has 0 fully saturated rings. The molecule has 27 heavy (non-hydrogen) atoms. The molecule has 1 atom stereocenters. The molecule has 0 aliphatic rings. The van der Waals surface area contributed by atoms with Crippen LogP contribution in [0.15, 0.2) is 76.9 Å². The second-order valence-electron chi connectivity index (χ2n) is 6.14. The lowest BCUT2D eigenvalue weighted by atomic mass is 10.1. The van der Waals surface area contributed by atoms with Crippen molar-refractivity contribution in [2.24, 2.45) is 0 Å². The van der Waals surface area contributed by atoms with Gasteiger partial charge in [0.15, 0.2) is 0 Å². The summed E-state index contributed by atoms with van der Waals surface area (Å²) in [6.45, 7) is 0.147. The lowest BCUT2D eigenvalue weighted by Crippen LogP contribution is -2.32. The summed E-state index contributed by atoms with van der Waals surface area (Å²) in [5.41, 5.74) is 0.529. The molecule has 1 unspecified atom stereocenters. The number of nitrogens with zero attached hydrogens (tertiary/aromatic N) is 2. The molecule has 0 aliphatic carbocycles. The number of aliphatic hydroxyl groups is 1. The third-order valence-electron chi connectivity index (χ3n) is 4.19. The van der Waals surface area contributed by atoms with Crippen LogP contribution in [-0.4, -0.2) is 27.6 Å². The van der Waals surface area contributed by atoms with Gasteiger partial charge in [0.2, 0.25) is 0 Å². The van der Waals surface area contributed by atoms with Gasteiger partial charge < -0.3 is 9.84 Å². The molecular formula is C21H18N2O3S. The van der Waals surface area contributed by atoms with E-state index >= 15 is 0 Å². The number of aliphatic hydroxyl groups excluding tert-OH is 1. The van der Waals surface area contributed by atoms with Gasteiger partial charge in [0.1, 0.15) is 24.2 Å². The van der Waals surface area contributed by atoms with Crippen LogP contribution in [0, 0.1) is 0 Å². The maximum atomic E-state index is 12.8. The first-order valence-electron chi connectivity index (χ1n) is 8.62. The molecule has 4 rings (SSSR count). The molecule has 6 heteroatoms. The van der Waals surface area contributed by atoms with Crippen LogP contribution in [0.25, 0.3) is 21.3 Å². The van der Waals surface area contributed by atoms with E-state index in [1.807, 2.05) is 66.0 Å². The predicted octanol–water partition coefficient (Wildman–Crippen LogP) is 3.56. The number of fused-ring (bicyclic) bond motifs is 1. The first kappa shape index (κ1) is 17.5. The Morgan fingerprint density at radius 3 is 2.48 bits per heavy atom. The Kier molecular flexibility index (Phi) is 5.00. The van der Waals surface area contributed by atoms with Crippen LogP contribution in [0.4, 0.5) is 0 Å². The molecule has 0 aliphatic heterocycles. The van der Waals surface area contributed by atoms with Crippen molar-refractivity contribution in [2.75, 3.05) is 6.61 Å². The highest BCUT2D eigenvalue weighted by Gasteiger charge is 2.15. The minimum Gasteiger partial charge on any atom is -0.491 e. The fourth-order valence-electron chi connectivity index (χ4n) is 2.92. The van der Waals surface area contributed by atoms with E-state index in [4.69, 9.17) is 4.74 Å². The second-order valence-corrected chi connectivity index (χ2v) is 7.08. The Morgan fingerprint density at radius 1 is 1.00 bits per heavy atom. The number of aromatic nitrogens is 2. The highest BCUT2D eigenvalue weighted by atomic mass is 32.1. The first-order chi connectivity index (χ1) is 13.2. The Labute approximate surface area is 160 Å². The zero-order valence-electron chi connectivity index (χ0n) is 14.5. The van der Waals surface area contributed by atoms with Gasteiger partial charge in [-0.2, -0.15) is 5.10 Å². The van der Waals surface area contributed by atoms with Crippen molar-refractivity contribution in [3.8, 4) is 16.3 Å². The maximum absolute atomic E-state index is 12.8. The summed E-state index contributed by atoms with van der Waals surface area (Å²) in [6.07, 6.45) is -0.854. The smallest absolute Gasteiger partial charge is 0.274 e. The van der Waals surface area contributed by atoms with Crippen LogP contribution < -0.4 is 10.3 Å². The Balaban J connectivity index is 1.63. The topological polar surface area (TPSA) is 64.4 Å². The molecule has 2 heterocycles. The second kappa shape index (κ2) is 7.73. The number of thiophene rings is 1. The number of rotatable bonds is 6. The quantitative estimate of drug-likeness (QED) is 0.557. The van der Waals surface area contributed by atoms with Gasteiger partial charge in [-0.05, 0) is 29.6 Å². The molecule has 2 aromatic carbocycles. The van der Waals surface area contributed by atoms with Gasteiger partial charge in [-0.3, -0.25) is 4.79 Å². The van der Waals surface area contributed by atoms with Crippen molar-refractivity contribution in [2.45, 2.75) is 12.6 Å². The summed E-state index contributed by atoms with van der Waals surface area (Å²) in [7, 11) is 0. The highest BCUT2D eigenvalue weighted by Crippen LogP contribution is 2.28. The molecule has 0 saturated heterocycles. The lowest BCUT2D eigenvalue weighted by Gasteiger charge is -2.15. The summed E-state index contributed by atoms with van der Waals surface area (Å²) >= 11 is 1.57. The normalized spacial score (nSPS) is 12.2. The van der Waals surface area contributed by atoms with Crippen molar-refractivity contribution >= 4 is 22.1 Å². The van der Waals surface area contributed by atoms with E-state index in [1.54, 1.807) is 17.4 Å². The minimum absolute atomic E-state index is 0.0644. The molecule has 0 bridgehead atoms. The van der Waals surface area contributed by atoms with Gasteiger partial charge in [0.25, 0.3) is 5.56 Å². The fraction of sp³-hybridized carbons (Fsp3) is 0.143. The fourth-order valence-corrected chi connectivity index (χ4v) is 3.64. The first-order valence-corrected chi connectivity index (χ1v) is 9.50. The molecule has 2 aromatic heterocycles. The van der Waals surface area contributed by atoms with Crippen LogP contribution in [0.5, 0.6) is 5.75 Å². The number of hydrogen-bond acceptors (Lipinski definition) is 5. The van der Waals surface area contributed by atoms with Crippen molar-refractivity contribution in [1.29, 1.82) is 0 Å². The number of hydrogen-bond donors (Lipinski definition) is 1. The van der Waals surface area contributed by atoms with Crippen molar-refractivity contribution in [3.05, 3.63) is 82.5 Å². The van der Waals surface area contributed by atoms with E-state index < -0.39 is 6.10 Å². The van der Waals surface area contributed by atoms with Crippen LogP contribution in [0.1, 0.15) is 0 Å². The molecule has 5 nitrogen and oxygen atoms in total. The lowest BCUT2D eigenvalue weighted by molar-refractivity contribution is 0.0882. The van der Waals surface area contributed by atoms with E-state index in [0.29, 0.717) is 11.1 Å². The molecule has 0 spiro atoms. The maximum Gasteiger partial charge on any atom is 0.274 e. The third kappa shape index (κ3) is 3.77. The van der Waals surface area contributed by atoms with Crippen molar-refractivity contribution in [1.82, 2.24) is 9.78 Å². The Hall–Kier alpha value is -2.96. The molecule has 0 amide bonds. The van der Waals surface area contributed by atoms with E-state index in [9.17, 15) is 9.90 Å². The van der Waals surface area contributed by atoms with Crippen LogP contribution in [0.2, 0.25) is 0 Å². The molecule has 0 saturated carbocycles. The zero-order valence-corrected chi connectivity index (χ0v) is 15.3. The SMILES string of the molecule is O=c1c2ccccc2c(-c2cccs2)nn1CC(O)COc1ccccc1. The summed E-state index contributed by atoms with van der Waals surface area (Å²) in [5.74, 6) is 0.676. The van der Waals surface area contributed by atoms with E-state index in [1.165, 1.54) is 4.68 Å². The Bertz CT molecular complexity index is 1090. The van der Waals surface area contributed by atoms with E-state index in [2.05, 4.69) is 5.10 Å². The number of benzene rings is 2. The van der Waals surface area contributed by atoms with Crippen molar-refractivity contribution < 1.29 is 9.84 Å². The highest BCUT2D eigenvalue weighted by molar-refractivity contribution is 7.13. The molecule has 1 N–H and O–H groups in total. The van der Waals surface area contributed by atoms with Crippen LogP contribution in [-0.2, 0) is 6.54 Å². The largest absolute Gasteiger partial charge is 0.491 e. The molecular weight excluding hydrogens is 360 g/mol. The minimum atomic E-state index is -0.854. The molecule has 4 aromatic rings. The summed E-state index contributed by atoms with van der Waals surface area (Å²) in [5, 5.41) is 18.3. The number of ether oxygens (including phenoxy) is 1. The van der Waals surface area contributed by atoms with E-state index in [-0.39, 0.29) is 18.7 Å². The summed E-state index contributed by atoms with van der Waals surface area (Å²) < 4.78 is 6.91. The van der Waals surface area contributed by atoms with Crippen molar-refractivity contribution in [3.63, 3.8) is 0 Å². The molecule has 136 valence electrons. The molecule has 0 radical (unpaired) electrons.